The van der Waals surface area contributed by atoms with Crippen LogP contribution in [0.4, 0.5) is 8.78 Å². The summed E-state index contributed by atoms with van der Waals surface area (Å²) in [5.41, 5.74) is 1.21. The molecule has 1 aromatic rings. The first-order valence-corrected chi connectivity index (χ1v) is 11.1. The minimum atomic E-state index is -0.376. The van der Waals surface area contributed by atoms with Gasteiger partial charge in [0, 0.05) is 0 Å². The van der Waals surface area contributed by atoms with E-state index in [1.165, 1.54) is 51.4 Å². The number of benzene rings is 1. The number of nitrogens with zero attached hydrogens (tertiary/aromatic N) is 1. The third-order valence-corrected chi connectivity index (χ3v) is 7.21. The molecule has 0 aliphatic heterocycles. The fraction of sp³-hybridized carbons (Fsp3) is 0.640. The molecule has 0 unspecified atom stereocenters. The van der Waals surface area contributed by atoms with E-state index in [1.807, 2.05) is 12.1 Å². The second-order valence-corrected chi connectivity index (χ2v) is 8.97. The maximum Gasteiger partial charge on any atom is 0.141 e. The molecule has 0 atom stereocenters. The molecule has 0 spiro atoms. The van der Waals surface area contributed by atoms with Crippen LogP contribution in [0.25, 0.3) is 0 Å². The lowest BCUT2D eigenvalue weighted by atomic mass is 9.74. The molecule has 0 saturated heterocycles. The van der Waals surface area contributed by atoms with Gasteiger partial charge in [-0.2, -0.15) is 5.26 Å². The van der Waals surface area contributed by atoms with Crippen LogP contribution >= 0.6 is 0 Å². The Hall–Kier alpha value is -1.69. The van der Waals surface area contributed by atoms with Crippen molar-refractivity contribution in [3.05, 3.63) is 47.5 Å². The van der Waals surface area contributed by atoms with Gasteiger partial charge in [0.2, 0.25) is 0 Å². The van der Waals surface area contributed by atoms with Gasteiger partial charge < -0.3 is 0 Å². The topological polar surface area (TPSA) is 23.8 Å². The highest BCUT2D eigenvalue weighted by Crippen LogP contribution is 2.40. The summed E-state index contributed by atoms with van der Waals surface area (Å²) < 4.78 is 25.9. The maximum atomic E-state index is 13.9. The van der Waals surface area contributed by atoms with E-state index in [9.17, 15) is 8.78 Å². The van der Waals surface area contributed by atoms with Gasteiger partial charge in [0.15, 0.2) is 0 Å². The first kappa shape index (κ1) is 21.0. The number of nitriles is 1. The molecule has 0 radical (unpaired) electrons. The Morgan fingerprint density at radius 1 is 0.893 bits per heavy atom. The summed E-state index contributed by atoms with van der Waals surface area (Å²) in [4.78, 5) is 0. The molecule has 1 nitrogen and oxygen atoms in total. The molecule has 0 bridgehead atoms. The molecule has 3 rings (SSSR count). The van der Waals surface area contributed by atoms with Gasteiger partial charge in [0.05, 0.1) is 11.9 Å². The zero-order valence-corrected chi connectivity index (χ0v) is 16.9. The summed E-state index contributed by atoms with van der Waals surface area (Å²) in [5, 5.41) is 8.88. The van der Waals surface area contributed by atoms with E-state index in [-0.39, 0.29) is 11.4 Å². The van der Waals surface area contributed by atoms with Crippen molar-refractivity contribution in [1.29, 1.82) is 5.26 Å². The number of rotatable bonds is 7. The van der Waals surface area contributed by atoms with Crippen LogP contribution in [0.5, 0.6) is 0 Å². The number of halogens is 2. The van der Waals surface area contributed by atoms with Gasteiger partial charge >= 0.3 is 0 Å². The lowest BCUT2D eigenvalue weighted by Gasteiger charge is -2.32. The van der Waals surface area contributed by atoms with E-state index in [0.29, 0.717) is 12.2 Å². The first-order chi connectivity index (χ1) is 13.7. The molecule has 0 aromatic heterocycles. The maximum absolute atomic E-state index is 13.9. The molecule has 2 aliphatic carbocycles. The molecule has 2 fully saturated rings. The van der Waals surface area contributed by atoms with E-state index in [0.717, 1.165) is 49.0 Å². The molecule has 0 N–H and O–H groups in total. The number of hydrogen-bond acceptors (Lipinski definition) is 1. The molecule has 0 heterocycles. The zero-order chi connectivity index (χ0) is 19.8. The predicted molar refractivity (Wildman–Crippen MR) is 110 cm³/mol. The third kappa shape index (κ3) is 5.90. The smallest absolute Gasteiger partial charge is 0.141 e. The summed E-state index contributed by atoms with van der Waals surface area (Å²) in [6, 6.07) is 7.04. The molecule has 152 valence electrons. The van der Waals surface area contributed by atoms with Crippen molar-refractivity contribution in [3.8, 4) is 6.07 Å². The first-order valence-electron chi connectivity index (χ1n) is 11.1. The second kappa shape index (κ2) is 10.7. The van der Waals surface area contributed by atoms with Crippen molar-refractivity contribution < 1.29 is 8.78 Å². The van der Waals surface area contributed by atoms with E-state index in [2.05, 4.69) is 0 Å². The van der Waals surface area contributed by atoms with Crippen molar-refractivity contribution >= 4 is 0 Å². The average Bonchev–Trinajstić information content (AvgIpc) is 2.74. The van der Waals surface area contributed by atoms with Gasteiger partial charge in [0.25, 0.3) is 0 Å². The molecule has 1 aromatic carbocycles. The Morgan fingerprint density at radius 2 is 1.46 bits per heavy atom. The standard InChI is InChI=1S/C25H33F2N/c26-16-2-1-3-19-4-6-20(7-5-19)8-9-21-10-12-22(13-11-21)23-14-15-24(18-28)25(27)17-23/h2,14-17,19-22H,1,3-13H2/t19-,20-,21-,22-. The highest BCUT2D eigenvalue weighted by Gasteiger charge is 2.25. The van der Waals surface area contributed by atoms with Crippen molar-refractivity contribution in [2.24, 2.45) is 17.8 Å². The average molecular weight is 386 g/mol. The predicted octanol–water partition coefficient (Wildman–Crippen LogP) is 7.82. The summed E-state index contributed by atoms with van der Waals surface area (Å²) in [5.74, 6) is 2.59. The Labute approximate surface area is 168 Å². The van der Waals surface area contributed by atoms with Gasteiger partial charge in [0.1, 0.15) is 11.9 Å². The minimum Gasteiger partial charge on any atom is -0.216 e. The number of hydrogen-bond donors (Lipinski definition) is 0. The molecular weight excluding hydrogens is 352 g/mol. The normalized spacial score (nSPS) is 28.3. The second-order valence-electron chi connectivity index (χ2n) is 8.97. The van der Waals surface area contributed by atoms with Gasteiger partial charge in [-0.05, 0) is 79.9 Å². The van der Waals surface area contributed by atoms with Gasteiger partial charge in [-0.25, -0.2) is 8.78 Å². The summed E-state index contributed by atoms with van der Waals surface area (Å²) >= 11 is 0. The Bertz CT molecular complexity index is 674. The SMILES string of the molecule is N#Cc1ccc([C@H]2CC[C@H](CC[C@H]3CC[C@H](CCC=CF)CC3)CC2)cc1F. The fourth-order valence-corrected chi connectivity index (χ4v) is 5.34. The van der Waals surface area contributed by atoms with E-state index in [1.54, 1.807) is 18.2 Å². The van der Waals surface area contributed by atoms with Gasteiger partial charge in [-0.1, -0.05) is 50.7 Å². The molecular formula is C25H33F2N. The van der Waals surface area contributed by atoms with E-state index in [4.69, 9.17) is 5.26 Å². The zero-order valence-electron chi connectivity index (χ0n) is 16.9. The van der Waals surface area contributed by atoms with Crippen molar-refractivity contribution in [1.82, 2.24) is 0 Å². The van der Waals surface area contributed by atoms with E-state index < -0.39 is 0 Å². The summed E-state index contributed by atoms with van der Waals surface area (Å²) in [6.07, 6.45) is 17.2. The Balaban J connectivity index is 1.35. The van der Waals surface area contributed by atoms with Crippen molar-refractivity contribution in [2.75, 3.05) is 0 Å². The van der Waals surface area contributed by atoms with Crippen LogP contribution < -0.4 is 0 Å². The molecule has 28 heavy (non-hydrogen) atoms. The van der Waals surface area contributed by atoms with Crippen molar-refractivity contribution in [3.63, 3.8) is 0 Å². The van der Waals surface area contributed by atoms with Gasteiger partial charge in [-0.3, -0.25) is 0 Å². The molecule has 2 aliphatic rings. The van der Waals surface area contributed by atoms with Crippen LogP contribution in [0.2, 0.25) is 0 Å². The fourth-order valence-electron chi connectivity index (χ4n) is 5.34. The quantitative estimate of drug-likeness (QED) is 0.469. The van der Waals surface area contributed by atoms with E-state index >= 15 is 0 Å². The third-order valence-electron chi connectivity index (χ3n) is 7.21. The monoisotopic (exact) mass is 385 g/mol. The highest BCUT2D eigenvalue weighted by atomic mass is 19.1. The van der Waals surface area contributed by atoms with Crippen LogP contribution in [0.3, 0.4) is 0 Å². The van der Waals surface area contributed by atoms with Crippen LogP contribution in [0.1, 0.15) is 94.1 Å². The molecule has 2 saturated carbocycles. The lowest BCUT2D eigenvalue weighted by Crippen LogP contribution is -2.18. The van der Waals surface area contributed by atoms with Crippen molar-refractivity contribution in [2.45, 2.75) is 83.0 Å². The van der Waals surface area contributed by atoms with Gasteiger partial charge in [-0.15, -0.1) is 0 Å². The molecule has 0 amide bonds. The molecule has 3 heteroatoms. The van der Waals surface area contributed by atoms with Crippen LogP contribution in [0.15, 0.2) is 30.6 Å². The Morgan fingerprint density at radius 3 is 2.00 bits per heavy atom. The van der Waals surface area contributed by atoms with Crippen LogP contribution in [0, 0.1) is 34.9 Å². The highest BCUT2D eigenvalue weighted by molar-refractivity contribution is 5.34. The lowest BCUT2D eigenvalue weighted by molar-refractivity contribution is 0.225. The van der Waals surface area contributed by atoms with Crippen LogP contribution in [-0.2, 0) is 0 Å². The van der Waals surface area contributed by atoms with Crippen LogP contribution in [-0.4, -0.2) is 0 Å². The Kier molecular flexibility index (Phi) is 8.07. The summed E-state index contributed by atoms with van der Waals surface area (Å²) in [6.45, 7) is 0. The minimum absolute atomic E-state index is 0.144. The largest absolute Gasteiger partial charge is 0.216 e. The number of allylic oxidation sites excluding steroid dienone is 1. The summed E-state index contributed by atoms with van der Waals surface area (Å²) in [7, 11) is 0.